The first kappa shape index (κ1) is 22.5. The van der Waals surface area contributed by atoms with Crippen LogP contribution in [0.4, 0.5) is 0 Å². The summed E-state index contributed by atoms with van der Waals surface area (Å²) < 4.78 is 29.4. The number of phenolic OH excluding ortho intramolecular Hbond substituents is 1. The average molecular weight is 426 g/mol. The molecule has 0 fully saturated rings. The van der Waals surface area contributed by atoms with Gasteiger partial charge in [-0.1, -0.05) is 18.2 Å². The van der Waals surface area contributed by atoms with Crippen molar-refractivity contribution in [1.29, 1.82) is 0 Å². The highest BCUT2D eigenvalue weighted by atomic mass is 35.5. The molecule has 0 aliphatic carbocycles. The number of sulfone groups is 1. The van der Waals surface area contributed by atoms with Crippen molar-refractivity contribution < 1.29 is 18.3 Å². The average Bonchev–Trinajstić information content (AvgIpc) is 3.05. The number of aromatic hydroxyl groups is 1. The number of fused-ring (bicyclic) bond motifs is 1. The molecule has 154 valence electrons. The van der Waals surface area contributed by atoms with Crippen molar-refractivity contribution in [2.24, 2.45) is 0 Å². The summed E-state index contributed by atoms with van der Waals surface area (Å²) in [4.78, 5) is 2.78. The summed E-state index contributed by atoms with van der Waals surface area (Å²) in [6.07, 6.45) is 3.02. The van der Waals surface area contributed by atoms with Crippen LogP contribution in [0.3, 0.4) is 0 Å². The number of nitrogens with zero attached hydrogens (tertiary/aromatic N) is 1. The van der Waals surface area contributed by atoms with Gasteiger partial charge >= 0.3 is 0 Å². The Hall–Kier alpha value is -1.76. The monoisotopic (exact) mass is 425 g/mol. The summed E-state index contributed by atoms with van der Waals surface area (Å²) in [6.45, 7) is 5.78. The first-order valence-electron chi connectivity index (χ1n) is 9.03. The Morgan fingerprint density at radius 2 is 1.89 bits per heavy atom. The lowest BCUT2D eigenvalue weighted by Crippen LogP contribution is -2.40. The fourth-order valence-electron chi connectivity index (χ4n) is 3.65. The molecule has 0 aromatic heterocycles. The molecule has 3 rings (SSSR count). The second kappa shape index (κ2) is 8.31. The lowest BCUT2D eigenvalue weighted by atomic mass is 9.93. The lowest BCUT2D eigenvalue weighted by Gasteiger charge is -2.35. The molecular formula is C21H28ClNO4S. The third-order valence-corrected chi connectivity index (χ3v) is 6.65. The molecule has 1 N–H and O–H groups in total. The molecule has 0 saturated carbocycles. The van der Waals surface area contributed by atoms with Gasteiger partial charge < -0.3 is 9.84 Å². The zero-order chi connectivity index (χ0) is 19.8. The minimum atomic E-state index is -3.23. The molecule has 2 aromatic carbocycles. The van der Waals surface area contributed by atoms with Crippen LogP contribution in [0.1, 0.15) is 37.0 Å². The van der Waals surface area contributed by atoms with Gasteiger partial charge in [-0.25, -0.2) is 8.42 Å². The summed E-state index contributed by atoms with van der Waals surface area (Å²) in [7, 11) is -1.68. The molecule has 7 heteroatoms. The largest absolute Gasteiger partial charge is 0.504 e. The van der Waals surface area contributed by atoms with Gasteiger partial charge in [0.25, 0.3) is 0 Å². The van der Waals surface area contributed by atoms with Crippen LogP contribution in [0.25, 0.3) is 0 Å². The lowest BCUT2D eigenvalue weighted by molar-refractivity contribution is 0.109. The normalized spacial score (nSPS) is 14.4. The number of hydrogen-bond acceptors (Lipinski definition) is 5. The third kappa shape index (κ3) is 4.62. The van der Waals surface area contributed by atoms with Crippen molar-refractivity contribution in [3.63, 3.8) is 0 Å². The molecule has 1 aliphatic rings. The minimum Gasteiger partial charge on any atom is -0.504 e. The molecule has 28 heavy (non-hydrogen) atoms. The van der Waals surface area contributed by atoms with Gasteiger partial charge in [-0.05, 0) is 61.6 Å². The van der Waals surface area contributed by atoms with Crippen LogP contribution in [-0.2, 0) is 29.3 Å². The fourth-order valence-corrected chi connectivity index (χ4v) is 4.62. The highest BCUT2D eigenvalue weighted by molar-refractivity contribution is 7.90. The van der Waals surface area contributed by atoms with Crippen molar-refractivity contribution in [1.82, 2.24) is 4.90 Å². The summed E-state index contributed by atoms with van der Waals surface area (Å²) in [6, 6.07) is 11.0. The predicted molar refractivity (Wildman–Crippen MR) is 113 cm³/mol. The molecule has 0 radical (unpaired) electrons. The number of ether oxygens (including phenoxy) is 1. The summed E-state index contributed by atoms with van der Waals surface area (Å²) in [5, 5.41) is 9.75. The SMILES string of the molecule is COc1cc(CCC(C)(C)N2Cc3cccc(S(C)(=O)=O)c3C2)ccc1O.Cl. The highest BCUT2D eigenvalue weighted by Gasteiger charge is 2.33. The van der Waals surface area contributed by atoms with Gasteiger partial charge in [-0.2, -0.15) is 0 Å². The molecule has 5 nitrogen and oxygen atoms in total. The Morgan fingerprint density at radius 1 is 1.18 bits per heavy atom. The van der Waals surface area contributed by atoms with Crippen molar-refractivity contribution >= 4 is 22.2 Å². The van der Waals surface area contributed by atoms with E-state index in [2.05, 4.69) is 18.7 Å². The second-order valence-corrected chi connectivity index (χ2v) is 9.82. The third-order valence-electron chi connectivity index (χ3n) is 5.47. The molecule has 1 aliphatic heterocycles. The number of rotatable bonds is 6. The van der Waals surface area contributed by atoms with E-state index in [1.54, 1.807) is 19.2 Å². The molecule has 2 aromatic rings. The summed E-state index contributed by atoms with van der Waals surface area (Å²) in [5.41, 5.74) is 3.03. The van der Waals surface area contributed by atoms with Gasteiger partial charge in [-0.15, -0.1) is 12.4 Å². The van der Waals surface area contributed by atoms with Crippen LogP contribution in [0.2, 0.25) is 0 Å². The van der Waals surface area contributed by atoms with E-state index in [4.69, 9.17) is 4.74 Å². The zero-order valence-corrected chi connectivity index (χ0v) is 18.4. The number of methoxy groups -OCH3 is 1. The minimum absolute atomic E-state index is 0. The van der Waals surface area contributed by atoms with Crippen molar-refractivity contribution in [2.45, 2.75) is 50.2 Å². The van der Waals surface area contributed by atoms with Crippen molar-refractivity contribution in [3.8, 4) is 11.5 Å². The highest BCUT2D eigenvalue weighted by Crippen LogP contribution is 2.35. The molecular weight excluding hydrogens is 398 g/mol. The fraction of sp³-hybridized carbons (Fsp3) is 0.429. The number of aryl methyl sites for hydroxylation is 1. The quantitative estimate of drug-likeness (QED) is 0.758. The Labute approximate surface area is 173 Å². The van der Waals surface area contributed by atoms with Crippen LogP contribution in [0.15, 0.2) is 41.3 Å². The molecule has 0 spiro atoms. The molecule has 0 amide bonds. The van der Waals surface area contributed by atoms with Crippen molar-refractivity contribution in [3.05, 3.63) is 53.1 Å². The topological polar surface area (TPSA) is 66.8 Å². The van der Waals surface area contributed by atoms with E-state index in [-0.39, 0.29) is 23.7 Å². The Balaban J connectivity index is 0.00000280. The Bertz CT molecular complexity index is 957. The van der Waals surface area contributed by atoms with Gasteiger partial charge in [0.05, 0.1) is 12.0 Å². The second-order valence-electron chi connectivity index (χ2n) is 7.84. The predicted octanol–water partition coefficient (Wildman–Crippen LogP) is 3.95. The molecule has 0 unspecified atom stereocenters. The molecule has 1 heterocycles. The smallest absolute Gasteiger partial charge is 0.175 e. The maximum atomic E-state index is 12.1. The van der Waals surface area contributed by atoms with E-state index < -0.39 is 9.84 Å². The Kier molecular flexibility index (Phi) is 6.69. The summed E-state index contributed by atoms with van der Waals surface area (Å²) >= 11 is 0. The van der Waals surface area contributed by atoms with E-state index >= 15 is 0 Å². The Morgan fingerprint density at radius 3 is 2.54 bits per heavy atom. The van der Waals surface area contributed by atoms with Gasteiger partial charge in [0.1, 0.15) is 0 Å². The van der Waals surface area contributed by atoms with E-state index in [1.165, 1.54) is 6.26 Å². The first-order valence-corrected chi connectivity index (χ1v) is 10.9. The zero-order valence-electron chi connectivity index (χ0n) is 16.7. The van der Waals surface area contributed by atoms with Crippen LogP contribution >= 0.6 is 12.4 Å². The number of halogens is 1. The number of benzene rings is 2. The van der Waals surface area contributed by atoms with E-state index in [0.717, 1.165) is 36.1 Å². The van der Waals surface area contributed by atoms with Crippen LogP contribution in [0.5, 0.6) is 11.5 Å². The van der Waals surface area contributed by atoms with Crippen LogP contribution in [-0.4, -0.2) is 37.3 Å². The van der Waals surface area contributed by atoms with E-state index in [0.29, 0.717) is 17.2 Å². The van der Waals surface area contributed by atoms with Crippen LogP contribution < -0.4 is 4.74 Å². The number of hydrogen-bond donors (Lipinski definition) is 1. The molecule has 0 atom stereocenters. The maximum absolute atomic E-state index is 12.1. The molecule has 0 bridgehead atoms. The standard InChI is InChI=1S/C21H27NO4S.ClH/c1-21(2,11-10-15-8-9-18(23)19(12-15)26-3)22-13-16-6-5-7-20(17(16)14-22)27(4,24)25;/h5-9,12,23H,10-11,13-14H2,1-4H3;1H. The van der Waals surface area contributed by atoms with Crippen LogP contribution in [0, 0.1) is 0 Å². The number of phenols is 1. The first-order chi connectivity index (χ1) is 12.6. The van der Waals surface area contributed by atoms with E-state index in [1.807, 2.05) is 24.3 Å². The summed E-state index contributed by atoms with van der Waals surface area (Å²) in [5.74, 6) is 0.625. The van der Waals surface area contributed by atoms with Gasteiger partial charge in [0, 0.05) is 24.9 Å². The molecule has 0 saturated heterocycles. The van der Waals surface area contributed by atoms with Gasteiger partial charge in [0.15, 0.2) is 21.3 Å². The van der Waals surface area contributed by atoms with E-state index in [9.17, 15) is 13.5 Å². The maximum Gasteiger partial charge on any atom is 0.175 e. The van der Waals surface area contributed by atoms with Gasteiger partial charge in [0.2, 0.25) is 0 Å². The van der Waals surface area contributed by atoms with Gasteiger partial charge in [-0.3, -0.25) is 4.90 Å². The van der Waals surface area contributed by atoms with Crippen molar-refractivity contribution in [2.75, 3.05) is 13.4 Å².